The smallest absolute Gasteiger partial charge is 0.257 e. The molecule has 1 aromatic carbocycles. The minimum Gasteiger partial charge on any atom is -0.369 e. The normalized spacial score (nSPS) is 14.6. The first-order chi connectivity index (χ1) is 14.4. The Balaban J connectivity index is 1.84. The molecule has 0 bridgehead atoms. The lowest BCUT2D eigenvalue weighted by atomic mass is 10.1. The highest BCUT2D eigenvalue weighted by molar-refractivity contribution is 8.00. The average molecular weight is 467 g/mol. The zero-order valence-corrected chi connectivity index (χ0v) is 19.9. The van der Waals surface area contributed by atoms with Gasteiger partial charge in [-0.2, -0.15) is 0 Å². The van der Waals surface area contributed by atoms with E-state index in [0.717, 1.165) is 49.6 Å². The standard InChI is InChI=1S/C22H28Cl2N4OS/c1-4-7-27(15(3)5-2)18-11-16(23)10-17(12-18)26-22(29)19-13-21(25-14-20(19)24)28-8-6-9-30-28/h10-15H,4-9H2,1-3H3,(H,26,29). The summed E-state index contributed by atoms with van der Waals surface area (Å²) < 4.78 is 2.10. The molecule has 2 heterocycles. The van der Waals surface area contributed by atoms with E-state index < -0.39 is 0 Å². The number of carbonyl (C=O) groups is 1. The first-order valence-corrected chi connectivity index (χ1v) is 12.1. The summed E-state index contributed by atoms with van der Waals surface area (Å²) in [5, 5.41) is 3.88. The van der Waals surface area contributed by atoms with Crippen molar-refractivity contribution in [3.63, 3.8) is 0 Å². The number of amides is 1. The quantitative estimate of drug-likeness (QED) is 0.448. The van der Waals surface area contributed by atoms with Crippen LogP contribution in [0.2, 0.25) is 10.0 Å². The van der Waals surface area contributed by atoms with Crippen molar-refractivity contribution in [2.45, 2.75) is 46.1 Å². The number of hydrogen-bond acceptors (Lipinski definition) is 5. The number of nitrogens with zero attached hydrogens (tertiary/aromatic N) is 3. The van der Waals surface area contributed by atoms with Gasteiger partial charge in [0.25, 0.3) is 5.91 Å². The summed E-state index contributed by atoms with van der Waals surface area (Å²) >= 11 is 14.4. The van der Waals surface area contributed by atoms with E-state index in [4.69, 9.17) is 23.2 Å². The molecular weight excluding hydrogens is 439 g/mol. The molecular formula is C22H28Cl2N4OS. The van der Waals surface area contributed by atoms with Crippen LogP contribution >= 0.6 is 35.1 Å². The molecule has 0 radical (unpaired) electrons. The molecule has 30 heavy (non-hydrogen) atoms. The van der Waals surface area contributed by atoms with Gasteiger partial charge >= 0.3 is 0 Å². The van der Waals surface area contributed by atoms with Crippen LogP contribution in [0.4, 0.5) is 17.2 Å². The maximum atomic E-state index is 13.0. The Morgan fingerprint density at radius 3 is 2.77 bits per heavy atom. The number of benzene rings is 1. The van der Waals surface area contributed by atoms with Crippen molar-refractivity contribution >= 4 is 58.2 Å². The van der Waals surface area contributed by atoms with Gasteiger partial charge in [-0.05, 0) is 62.4 Å². The summed E-state index contributed by atoms with van der Waals surface area (Å²) in [6.45, 7) is 8.37. The van der Waals surface area contributed by atoms with Gasteiger partial charge in [-0.3, -0.25) is 4.79 Å². The Morgan fingerprint density at radius 1 is 1.30 bits per heavy atom. The average Bonchev–Trinajstić information content (AvgIpc) is 3.26. The summed E-state index contributed by atoms with van der Waals surface area (Å²) in [5.41, 5.74) is 2.06. The Labute approximate surface area is 193 Å². The molecule has 5 nitrogen and oxygen atoms in total. The van der Waals surface area contributed by atoms with Crippen LogP contribution in [0.25, 0.3) is 0 Å². The van der Waals surface area contributed by atoms with Crippen LogP contribution in [-0.4, -0.2) is 35.8 Å². The third kappa shape index (κ3) is 5.54. The molecule has 1 unspecified atom stereocenters. The summed E-state index contributed by atoms with van der Waals surface area (Å²) in [4.78, 5) is 19.7. The molecule has 1 aliphatic rings. The maximum absolute atomic E-state index is 13.0. The van der Waals surface area contributed by atoms with Crippen molar-refractivity contribution in [2.75, 3.05) is 33.4 Å². The van der Waals surface area contributed by atoms with Crippen LogP contribution < -0.4 is 14.5 Å². The fourth-order valence-electron chi connectivity index (χ4n) is 3.44. The van der Waals surface area contributed by atoms with Crippen molar-refractivity contribution in [1.82, 2.24) is 4.98 Å². The predicted octanol–water partition coefficient (Wildman–Crippen LogP) is 6.51. The first kappa shape index (κ1) is 23.0. The zero-order chi connectivity index (χ0) is 21.7. The van der Waals surface area contributed by atoms with Gasteiger partial charge in [-0.15, -0.1) is 0 Å². The molecule has 0 spiro atoms. The lowest BCUT2D eigenvalue weighted by molar-refractivity contribution is 0.102. The number of pyridine rings is 1. The summed E-state index contributed by atoms with van der Waals surface area (Å²) in [6, 6.07) is 7.81. The van der Waals surface area contributed by atoms with Crippen LogP contribution in [0.5, 0.6) is 0 Å². The highest BCUT2D eigenvalue weighted by Crippen LogP contribution is 2.31. The highest BCUT2D eigenvalue weighted by atomic mass is 35.5. The van der Waals surface area contributed by atoms with Crippen molar-refractivity contribution < 1.29 is 4.79 Å². The largest absolute Gasteiger partial charge is 0.369 e. The number of anilines is 3. The maximum Gasteiger partial charge on any atom is 0.257 e. The molecule has 1 fully saturated rings. The Bertz CT molecular complexity index is 889. The molecule has 1 aliphatic heterocycles. The van der Waals surface area contributed by atoms with Crippen molar-refractivity contribution in [3.8, 4) is 0 Å². The van der Waals surface area contributed by atoms with Gasteiger partial charge in [0.1, 0.15) is 5.82 Å². The first-order valence-electron chi connectivity index (χ1n) is 10.4. The summed E-state index contributed by atoms with van der Waals surface area (Å²) in [6.07, 6.45) is 4.70. The van der Waals surface area contributed by atoms with E-state index in [-0.39, 0.29) is 5.91 Å². The number of nitrogens with one attached hydrogen (secondary N) is 1. The summed E-state index contributed by atoms with van der Waals surface area (Å²) in [5.74, 6) is 1.54. The fraction of sp³-hybridized carbons (Fsp3) is 0.455. The third-order valence-corrected chi connectivity index (χ3v) is 6.83. The van der Waals surface area contributed by atoms with E-state index in [0.29, 0.717) is 27.3 Å². The topological polar surface area (TPSA) is 48.5 Å². The van der Waals surface area contributed by atoms with E-state index in [1.54, 1.807) is 30.3 Å². The molecule has 2 aromatic rings. The van der Waals surface area contributed by atoms with Crippen LogP contribution in [0.15, 0.2) is 30.5 Å². The van der Waals surface area contributed by atoms with Gasteiger partial charge in [0, 0.05) is 47.5 Å². The molecule has 0 saturated carbocycles. The molecule has 1 aromatic heterocycles. The zero-order valence-electron chi connectivity index (χ0n) is 17.6. The van der Waals surface area contributed by atoms with Crippen LogP contribution in [0.3, 0.4) is 0 Å². The molecule has 3 rings (SSSR count). The van der Waals surface area contributed by atoms with Crippen molar-refractivity contribution in [2.24, 2.45) is 0 Å². The van der Waals surface area contributed by atoms with Crippen LogP contribution in [0.1, 0.15) is 50.4 Å². The van der Waals surface area contributed by atoms with Crippen LogP contribution in [0, 0.1) is 0 Å². The molecule has 162 valence electrons. The lowest BCUT2D eigenvalue weighted by Crippen LogP contribution is -2.33. The predicted molar refractivity (Wildman–Crippen MR) is 130 cm³/mol. The van der Waals surface area contributed by atoms with Gasteiger partial charge in [-0.1, -0.05) is 37.0 Å². The van der Waals surface area contributed by atoms with E-state index >= 15 is 0 Å². The van der Waals surface area contributed by atoms with Gasteiger partial charge < -0.3 is 14.5 Å². The highest BCUT2D eigenvalue weighted by Gasteiger charge is 2.20. The third-order valence-electron chi connectivity index (χ3n) is 5.15. The van der Waals surface area contributed by atoms with E-state index in [1.807, 2.05) is 12.1 Å². The molecule has 1 atom stereocenters. The van der Waals surface area contributed by atoms with Gasteiger partial charge in [0.2, 0.25) is 0 Å². The van der Waals surface area contributed by atoms with E-state index in [2.05, 4.69) is 40.3 Å². The summed E-state index contributed by atoms with van der Waals surface area (Å²) in [7, 11) is 0. The molecule has 1 N–H and O–H groups in total. The Kier molecular flexibility index (Phi) is 8.14. The second-order valence-electron chi connectivity index (χ2n) is 7.41. The number of rotatable bonds is 8. The van der Waals surface area contributed by atoms with Gasteiger partial charge in [-0.25, -0.2) is 4.98 Å². The SMILES string of the molecule is CCCN(c1cc(Cl)cc(NC(=O)c2cc(N3CCCS3)ncc2Cl)c1)C(C)CC. The second-order valence-corrected chi connectivity index (χ2v) is 9.36. The molecule has 0 aliphatic carbocycles. The van der Waals surface area contributed by atoms with Crippen molar-refractivity contribution in [1.29, 1.82) is 0 Å². The number of carbonyl (C=O) groups excluding carboxylic acids is 1. The second kappa shape index (κ2) is 10.6. The van der Waals surface area contributed by atoms with E-state index in [9.17, 15) is 4.79 Å². The number of halogens is 2. The van der Waals surface area contributed by atoms with Crippen LogP contribution in [-0.2, 0) is 0 Å². The molecule has 8 heteroatoms. The van der Waals surface area contributed by atoms with Crippen molar-refractivity contribution in [3.05, 3.63) is 46.1 Å². The van der Waals surface area contributed by atoms with Gasteiger partial charge in [0.05, 0.1) is 10.6 Å². The minimum atomic E-state index is -0.272. The fourth-order valence-corrected chi connectivity index (χ4v) is 4.83. The minimum absolute atomic E-state index is 0.272. The molecule has 1 saturated heterocycles. The molecule has 1 amide bonds. The number of hydrogen-bond donors (Lipinski definition) is 1. The Morgan fingerprint density at radius 2 is 2.10 bits per heavy atom. The number of aromatic nitrogens is 1. The monoisotopic (exact) mass is 466 g/mol. The van der Waals surface area contributed by atoms with E-state index in [1.165, 1.54) is 0 Å². The lowest BCUT2D eigenvalue weighted by Gasteiger charge is -2.31. The van der Waals surface area contributed by atoms with Gasteiger partial charge in [0.15, 0.2) is 0 Å². The Hall–Kier alpha value is -1.63.